The number of nitrogens with one attached hydrogen (secondary N) is 1. The predicted molar refractivity (Wildman–Crippen MR) is 173 cm³/mol. The predicted octanol–water partition coefficient (Wildman–Crippen LogP) is -3.88. The maximum absolute atomic E-state index is 12.8. The van der Waals surface area contributed by atoms with E-state index in [1.54, 1.807) is 0 Å². The second kappa shape index (κ2) is 19.6. The molecule has 19 nitrogen and oxygen atoms in total. The van der Waals surface area contributed by atoms with Crippen molar-refractivity contribution in [1.82, 2.24) is 9.78 Å². The van der Waals surface area contributed by atoms with E-state index in [0.29, 0.717) is 0 Å². The number of carboxylic acid groups (broad SMARTS) is 1. The first-order valence-electron chi connectivity index (χ1n) is 13.8. The molecule has 25 heteroatoms. The summed E-state index contributed by atoms with van der Waals surface area (Å²) in [4.78, 5) is 23.1. The third-order valence-corrected chi connectivity index (χ3v) is 10.1. The minimum atomic E-state index is -4.81. The van der Waals surface area contributed by atoms with Crippen LogP contribution in [-0.2, 0) is 47.1 Å². The molecule has 0 unspecified atom stereocenters. The molecule has 0 amide bonds. The smallest absolute Gasteiger partial charge is 0.744 e. The number of aromatic carboxylic acids is 1. The molecule has 5 aromatic rings. The number of hydrogen-bond acceptors (Lipinski definition) is 16. The number of sulfone groups is 1. The molecule has 1 radical (unpaired) electrons. The summed E-state index contributed by atoms with van der Waals surface area (Å²) in [6.45, 7) is -0.471. The van der Waals surface area contributed by atoms with Crippen molar-refractivity contribution >= 4 is 58.2 Å². The topological polar surface area (TPSA) is 318 Å². The molecule has 0 fully saturated rings. The molecule has 4 aromatic carbocycles. The number of carbonyl (C=O) groups is 1. The molecule has 0 atom stereocenters. The number of aliphatic hydroxyl groups is 1. The van der Waals surface area contributed by atoms with Crippen LogP contribution >= 0.6 is 0 Å². The number of fused-ring (bicyclic) bond motifs is 1. The first-order valence-corrected chi connectivity index (χ1v) is 18.2. The molecular weight excluding hydrogens is 850 g/mol. The molecule has 0 aliphatic carbocycles. The number of aromatic hydroxyl groups is 2. The van der Waals surface area contributed by atoms with Gasteiger partial charge in [-0.2, -0.15) is 5.11 Å². The molecule has 0 saturated carbocycles. The normalized spacial score (nSPS) is 11.4. The van der Waals surface area contributed by atoms with Crippen LogP contribution < -0.4 is 69.4 Å². The minimum Gasteiger partial charge on any atom is -0.744 e. The van der Waals surface area contributed by atoms with Gasteiger partial charge >= 0.3 is 65.1 Å². The van der Waals surface area contributed by atoms with Crippen molar-refractivity contribution in [3.05, 3.63) is 88.8 Å². The second-order valence-corrected chi connectivity index (χ2v) is 14.9. The third-order valence-electron chi connectivity index (χ3n) is 6.75. The summed E-state index contributed by atoms with van der Waals surface area (Å²) in [5, 5.41) is 47.5. The number of azo groups is 1. The molecule has 0 bridgehead atoms. The van der Waals surface area contributed by atoms with Crippen molar-refractivity contribution in [2.45, 2.75) is 14.7 Å². The van der Waals surface area contributed by atoms with E-state index in [2.05, 4.69) is 15.3 Å². The zero-order valence-electron chi connectivity index (χ0n) is 28.0. The number of aromatic nitrogens is 2. The van der Waals surface area contributed by atoms with Crippen molar-refractivity contribution in [2.24, 2.45) is 10.2 Å². The van der Waals surface area contributed by atoms with Crippen LogP contribution in [0.3, 0.4) is 0 Å². The van der Waals surface area contributed by atoms with Crippen LogP contribution in [0, 0.1) is 0 Å². The van der Waals surface area contributed by atoms with E-state index in [9.17, 15) is 59.3 Å². The molecule has 0 spiro atoms. The second-order valence-electron chi connectivity index (χ2n) is 10.1. The molecule has 0 saturated heterocycles. The van der Waals surface area contributed by atoms with E-state index in [-0.39, 0.29) is 115 Å². The van der Waals surface area contributed by atoms with Crippen LogP contribution in [0.15, 0.2) is 103 Å². The molecule has 5 N–H and O–H groups in total. The van der Waals surface area contributed by atoms with Gasteiger partial charge in [0.2, 0.25) is 0 Å². The van der Waals surface area contributed by atoms with Gasteiger partial charge in [-0.3, -0.25) is 9.89 Å². The minimum absolute atomic E-state index is 0. The zero-order chi connectivity index (χ0) is 37.9. The van der Waals surface area contributed by atoms with Gasteiger partial charge in [0, 0.05) is 28.5 Å². The number of carboxylic acids is 1. The van der Waals surface area contributed by atoms with Crippen LogP contribution in [0.4, 0.5) is 11.4 Å². The van der Waals surface area contributed by atoms with Gasteiger partial charge in [-0.15, -0.1) is 5.11 Å². The van der Waals surface area contributed by atoms with Crippen LogP contribution in [0.5, 0.6) is 17.2 Å². The number of nitrogens with zero attached hydrogens (tertiary/aromatic N) is 3. The maximum atomic E-state index is 12.8. The molecule has 5 rings (SSSR count). The van der Waals surface area contributed by atoms with Crippen molar-refractivity contribution in [1.29, 1.82) is 0 Å². The van der Waals surface area contributed by atoms with Gasteiger partial charge in [-0.05, 0) is 66.0 Å². The van der Waals surface area contributed by atoms with Crippen molar-refractivity contribution in [2.75, 3.05) is 19.5 Å². The summed E-state index contributed by atoms with van der Waals surface area (Å²) in [6.07, 6.45) is 0. The van der Waals surface area contributed by atoms with Gasteiger partial charge in [0.15, 0.2) is 21.2 Å². The van der Waals surface area contributed by atoms with Crippen molar-refractivity contribution in [3.8, 4) is 22.9 Å². The fourth-order valence-corrected chi connectivity index (χ4v) is 6.58. The van der Waals surface area contributed by atoms with Gasteiger partial charge in [0.1, 0.15) is 42.4 Å². The quantitative estimate of drug-likeness (QED) is 0.0509. The van der Waals surface area contributed by atoms with Gasteiger partial charge in [0.05, 0.1) is 40.6 Å². The summed E-state index contributed by atoms with van der Waals surface area (Å²) in [7, 11) is -11.8. The number of phenolic OH excluding ortho intramolecular Hbond substituents is 2. The van der Waals surface area contributed by atoms with Crippen molar-refractivity contribution < 1.29 is 140 Å². The molecular formula is C29H24CuN4Na2O15S3. The number of H-pyrrole nitrogens is 1. The number of benzene rings is 4. The average molecular weight is 874 g/mol. The van der Waals surface area contributed by atoms with Crippen LogP contribution in [0.2, 0.25) is 0 Å². The van der Waals surface area contributed by atoms with E-state index < -0.39 is 80.9 Å². The largest absolute Gasteiger partial charge is 1.00 e. The first kappa shape index (κ1) is 48.9. The molecule has 54 heavy (non-hydrogen) atoms. The maximum Gasteiger partial charge on any atom is 1.00 e. The fourth-order valence-electron chi connectivity index (χ4n) is 4.37. The molecule has 0 aliphatic heterocycles. The Kier molecular flexibility index (Phi) is 17.8. The zero-order valence-corrected chi connectivity index (χ0v) is 35.4. The summed E-state index contributed by atoms with van der Waals surface area (Å²) in [5.41, 5.74) is -2.15. The summed E-state index contributed by atoms with van der Waals surface area (Å²) >= 11 is 0. The summed E-state index contributed by atoms with van der Waals surface area (Å²) in [5.74, 6) is -2.49. The molecule has 1 heterocycles. The SMILES string of the molecule is COc1ccc(O)cc1S(=O)(=O)CCO.O=C(O)c1[nH]n(-c2ccc(S(=O)(=O)[O-])cc2)c(=O)c1N=Nc1ccc2cc(S(=O)(=O)[O-])cc(O)c2c1.[Cu].[Na+].[Na+]. The Balaban J connectivity index is 0.000000689. The molecule has 1 aromatic heterocycles. The average Bonchev–Trinajstić information content (AvgIpc) is 3.39. The number of aromatic amines is 1. The van der Waals surface area contributed by atoms with Gasteiger partial charge in [-0.1, -0.05) is 6.07 Å². The summed E-state index contributed by atoms with van der Waals surface area (Å²) in [6, 6.07) is 13.6. The number of rotatable bonds is 10. The Morgan fingerprint density at radius 3 is 2.00 bits per heavy atom. The fraction of sp³-hybridized carbons (Fsp3) is 0.103. The van der Waals surface area contributed by atoms with E-state index >= 15 is 0 Å². The number of ether oxygens (including phenoxy) is 1. The van der Waals surface area contributed by atoms with E-state index in [1.807, 2.05) is 0 Å². The van der Waals surface area contributed by atoms with Gasteiger partial charge in [0.25, 0.3) is 5.56 Å². The third kappa shape index (κ3) is 11.7. The Bertz CT molecular complexity index is 2580. The summed E-state index contributed by atoms with van der Waals surface area (Å²) < 4.78 is 95.7. The monoisotopic (exact) mass is 873 g/mol. The van der Waals surface area contributed by atoms with E-state index in [0.717, 1.165) is 47.1 Å². The number of phenols is 2. The van der Waals surface area contributed by atoms with E-state index in [1.165, 1.54) is 37.4 Å². The van der Waals surface area contributed by atoms with Crippen molar-refractivity contribution in [3.63, 3.8) is 0 Å². The molecule has 0 aliphatic rings. The Hall–Kier alpha value is -3.13. The Morgan fingerprint density at radius 1 is 0.852 bits per heavy atom. The Morgan fingerprint density at radius 2 is 1.46 bits per heavy atom. The van der Waals surface area contributed by atoms with Crippen LogP contribution in [-0.4, -0.2) is 90.0 Å². The van der Waals surface area contributed by atoms with Crippen LogP contribution in [0.1, 0.15) is 10.5 Å². The first-order chi connectivity index (χ1) is 23.8. The molecule has 281 valence electrons. The number of aliphatic hydroxyl groups excluding tert-OH is 1. The van der Waals surface area contributed by atoms with E-state index in [4.69, 9.17) is 9.84 Å². The Labute approximate surface area is 361 Å². The van der Waals surface area contributed by atoms with Gasteiger partial charge < -0.3 is 34.3 Å². The number of hydrogen-bond donors (Lipinski definition) is 5. The van der Waals surface area contributed by atoms with Gasteiger partial charge in [-0.25, -0.2) is 34.7 Å². The number of methoxy groups -OCH3 is 1. The standard InChI is InChI=1S/C20H14N4O10S2.C9H12O5S.Cu.2Na/c25-16-9-14(36(32,33)34)7-10-1-2-11(8-15(10)16)21-22-17-18(20(27)28)23-24(19(17)26)12-3-5-13(6-4-12)35(29,30)31;1-14-8-3-2-7(11)6-9(8)15(12,13)5-4-10;;;/h1-9,23,25H,(H,27,28)(H,29,30,31)(H,32,33,34);2-3,6,10-11H,4-5H2,1H3;;;/q;;;2*+1/p-2. The van der Waals surface area contributed by atoms with Crippen LogP contribution in [0.25, 0.3) is 16.5 Å².